The van der Waals surface area contributed by atoms with Crippen LogP contribution in [0.25, 0.3) is 0 Å². The summed E-state index contributed by atoms with van der Waals surface area (Å²) in [6.45, 7) is 6.45. The maximum atomic E-state index is 13.0. The molecule has 2 amide bonds. The molecule has 9 nitrogen and oxygen atoms in total. The number of Topliss-reactive ketones (excluding diaryl/α,β-unsaturated/α-hetero) is 1. The molecule has 1 aromatic rings. The van der Waals surface area contributed by atoms with Crippen LogP contribution in [0.5, 0.6) is 0 Å². The fourth-order valence-electron chi connectivity index (χ4n) is 2.82. The van der Waals surface area contributed by atoms with E-state index in [4.69, 9.17) is 15.2 Å². The van der Waals surface area contributed by atoms with Crippen LogP contribution < -0.4 is 16.4 Å². The van der Waals surface area contributed by atoms with E-state index in [1.54, 1.807) is 6.92 Å². The number of amides is 2. The molecule has 172 valence electrons. The number of likely N-dealkylation sites (N-methyl/N-ethyl adjacent to an activating group) is 1. The van der Waals surface area contributed by atoms with Gasteiger partial charge < -0.3 is 25.8 Å². The predicted molar refractivity (Wildman–Crippen MR) is 118 cm³/mol. The molecule has 1 aromatic carbocycles. The lowest BCUT2D eigenvalue weighted by atomic mass is 9.99. The topological polar surface area (TPSA) is 132 Å². The molecule has 0 fully saturated rings. The van der Waals surface area contributed by atoms with Crippen LogP contribution in [-0.4, -0.2) is 62.6 Å². The van der Waals surface area contributed by atoms with E-state index in [0.717, 1.165) is 5.56 Å². The molecule has 0 spiro atoms. The minimum atomic E-state index is -1.03. The summed E-state index contributed by atoms with van der Waals surface area (Å²) in [6.07, 6.45) is 0.577. The molecular weight excluding hydrogens is 400 g/mol. The van der Waals surface area contributed by atoms with Gasteiger partial charge in [-0.3, -0.25) is 14.4 Å². The van der Waals surface area contributed by atoms with Crippen molar-refractivity contribution in [2.45, 2.75) is 45.7 Å². The van der Waals surface area contributed by atoms with E-state index in [9.17, 15) is 14.4 Å². The maximum absolute atomic E-state index is 13.0. The number of aliphatic imine (C=N–C) groups is 1. The molecule has 9 heteroatoms. The van der Waals surface area contributed by atoms with Gasteiger partial charge in [-0.15, -0.1) is 0 Å². The molecule has 2 atom stereocenters. The number of carbonyl (C=O) groups excluding carboxylic acids is 3. The van der Waals surface area contributed by atoms with Crippen molar-refractivity contribution in [1.29, 1.82) is 0 Å². The Morgan fingerprint density at radius 3 is 2.39 bits per heavy atom. The molecule has 0 saturated heterocycles. The van der Waals surface area contributed by atoms with Gasteiger partial charge in [0.05, 0.1) is 6.61 Å². The van der Waals surface area contributed by atoms with Crippen molar-refractivity contribution in [3.05, 3.63) is 35.9 Å². The molecule has 0 saturated carbocycles. The lowest BCUT2D eigenvalue weighted by Crippen LogP contribution is -2.51. The van der Waals surface area contributed by atoms with E-state index >= 15 is 0 Å². The average molecular weight is 435 g/mol. The molecule has 31 heavy (non-hydrogen) atoms. The van der Waals surface area contributed by atoms with Gasteiger partial charge >= 0.3 is 0 Å². The minimum absolute atomic E-state index is 0.132. The number of methoxy groups -OCH3 is 1. The Balaban J connectivity index is 3.02. The van der Waals surface area contributed by atoms with E-state index < -0.39 is 29.7 Å². The summed E-state index contributed by atoms with van der Waals surface area (Å²) in [5.74, 6) is -1.81. The summed E-state index contributed by atoms with van der Waals surface area (Å²) in [4.78, 5) is 42.0. The first-order chi connectivity index (χ1) is 14.8. The van der Waals surface area contributed by atoms with Crippen LogP contribution in [0.15, 0.2) is 35.3 Å². The largest absolute Gasteiger partial charge is 0.463 e. The van der Waals surface area contributed by atoms with Crippen LogP contribution in [0.3, 0.4) is 0 Å². The molecule has 0 aliphatic carbocycles. The molecule has 0 aliphatic rings. The second kappa shape index (κ2) is 14.1. The zero-order valence-electron chi connectivity index (χ0n) is 18.7. The van der Waals surface area contributed by atoms with Gasteiger partial charge in [-0.05, 0) is 24.8 Å². The molecular formula is C22H34N4O5. The van der Waals surface area contributed by atoms with Crippen molar-refractivity contribution in [2.75, 3.05) is 26.9 Å². The van der Waals surface area contributed by atoms with Crippen LogP contribution in [0, 0.1) is 5.92 Å². The molecule has 0 aromatic heterocycles. The van der Waals surface area contributed by atoms with E-state index in [2.05, 4.69) is 15.6 Å². The molecule has 0 radical (unpaired) electrons. The highest BCUT2D eigenvalue weighted by molar-refractivity contribution is 6.38. The van der Waals surface area contributed by atoms with Crippen LogP contribution in [-0.2, 0) is 30.3 Å². The number of ketones is 1. The third-order valence-corrected chi connectivity index (χ3v) is 4.29. The van der Waals surface area contributed by atoms with Crippen molar-refractivity contribution >= 4 is 23.6 Å². The standard InChI is InChI=1S/C22H34N4O5/c1-5-24-21(29)19(27)17(14-16-9-7-6-8-10-16)25-20(28)18(13-15(2)3)26-22(23)31-12-11-30-4/h6-10,15,17-18H,5,11-14H2,1-4H3,(H2,23,26)(H,24,29)(H,25,28)/t17-,18-/m0/s1. The molecule has 0 bridgehead atoms. The summed E-state index contributed by atoms with van der Waals surface area (Å²) < 4.78 is 10.2. The number of nitrogens with two attached hydrogens (primary N) is 1. The number of amidine groups is 1. The monoisotopic (exact) mass is 434 g/mol. The Kier molecular flexibility index (Phi) is 11.9. The summed E-state index contributed by atoms with van der Waals surface area (Å²) in [6, 6.07) is 7.15. The van der Waals surface area contributed by atoms with Crippen LogP contribution in [0.2, 0.25) is 0 Å². The maximum Gasteiger partial charge on any atom is 0.289 e. The van der Waals surface area contributed by atoms with Gasteiger partial charge in [-0.1, -0.05) is 44.2 Å². The number of rotatable bonds is 13. The Morgan fingerprint density at radius 2 is 1.81 bits per heavy atom. The zero-order valence-corrected chi connectivity index (χ0v) is 18.7. The smallest absolute Gasteiger partial charge is 0.289 e. The van der Waals surface area contributed by atoms with Gasteiger partial charge in [-0.2, -0.15) is 0 Å². The van der Waals surface area contributed by atoms with Crippen LogP contribution >= 0.6 is 0 Å². The van der Waals surface area contributed by atoms with Crippen molar-refractivity contribution in [2.24, 2.45) is 16.6 Å². The molecule has 4 N–H and O–H groups in total. The number of nitrogens with zero attached hydrogens (tertiary/aromatic N) is 1. The summed E-state index contributed by atoms with van der Waals surface area (Å²) in [7, 11) is 1.53. The molecule has 1 rings (SSSR count). The highest BCUT2D eigenvalue weighted by atomic mass is 16.5. The highest BCUT2D eigenvalue weighted by Gasteiger charge is 2.30. The van der Waals surface area contributed by atoms with Gasteiger partial charge in [0.15, 0.2) is 0 Å². The highest BCUT2D eigenvalue weighted by Crippen LogP contribution is 2.11. The normalized spacial score (nSPS) is 13.4. The Bertz CT molecular complexity index is 737. The van der Waals surface area contributed by atoms with Gasteiger partial charge in [0.2, 0.25) is 11.7 Å². The fraction of sp³-hybridized carbons (Fsp3) is 0.545. The van der Waals surface area contributed by atoms with Crippen LogP contribution in [0.4, 0.5) is 0 Å². The van der Waals surface area contributed by atoms with Gasteiger partial charge in [0.25, 0.3) is 11.9 Å². The lowest BCUT2D eigenvalue weighted by molar-refractivity contribution is -0.140. The van der Waals surface area contributed by atoms with Crippen LogP contribution in [0.1, 0.15) is 32.8 Å². The van der Waals surface area contributed by atoms with Crippen molar-refractivity contribution in [1.82, 2.24) is 10.6 Å². The Morgan fingerprint density at radius 1 is 1.13 bits per heavy atom. The second-order valence-corrected chi connectivity index (χ2v) is 7.43. The third kappa shape index (κ3) is 10.1. The van der Waals surface area contributed by atoms with E-state index in [1.165, 1.54) is 7.11 Å². The second-order valence-electron chi connectivity index (χ2n) is 7.43. The van der Waals surface area contributed by atoms with Crippen molar-refractivity contribution < 1.29 is 23.9 Å². The summed E-state index contributed by atoms with van der Waals surface area (Å²) in [5, 5.41) is 5.18. The predicted octanol–water partition coefficient (Wildman–Crippen LogP) is 0.812. The van der Waals surface area contributed by atoms with Crippen molar-refractivity contribution in [3.8, 4) is 0 Å². The average Bonchev–Trinajstić information content (AvgIpc) is 2.73. The fourth-order valence-corrected chi connectivity index (χ4v) is 2.82. The Labute approximate surface area is 183 Å². The minimum Gasteiger partial charge on any atom is -0.463 e. The number of hydrogen-bond acceptors (Lipinski definition) is 6. The first-order valence-electron chi connectivity index (χ1n) is 10.4. The van der Waals surface area contributed by atoms with Crippen molar-refractivity contribution in [3.63, 3.8) is 0 Å². The molecule has 0 unspecified atom stereocenters. The number of carbonyl (C=O) groups is 3. The molecule has 0 aliphatic heterocycles. The summed E-state index contributed by atoms with van der Waals surface area (Å²) >= 11 is 0. The first-order valence-corrected chi connectivity index (χ1v) is 10.4. The first kappa shape index (κ1) is 26.1. The lowest BCUT2D eigenvalue weighted by Gasteiger charge is -2.21. The Hall–Kier alpha value is -2.94. The van der Waals surface area contributed by atoms with E-state index in [-0.39, 0.29) is 25.0 Å². The number of hydrogen-bond donors (Lipinski definition) is 3. The van der Waals surface area contributed by atoms with E-state index in [0.29, 0.717) is 19.6 Å². The van der Waals surface area contributed by atoms with Gasteiger partial charge in [-0.25, -0.2) is 4.99 Å². The third-order valence-electron chi connectivity index (χ3n) is 4.29. The summed E-state index contributed by atoms with van der Waals surface area (Å²) in [5.41, 5.74) is 6.61. The van der Waals surface area contributed by atoms with E-state index in [1.807, 2.05) is 44.2 Å². The number of nitrogens with one attached hydrogen (secondary N) is 2. The SMILES string of the molecule is CCNC(=O)C(=O)[C@H](Cc1ccccc1)NC(=O)[C@H](CC(C)C)N=C(N)OCCOC. The molecule has 0 heterocycles. The quantitative estimate of drug-likeness (QED) is 0.182. The number of ether oxygens (including phenoxy) is 2. The van der Waals surface area contributed by atoms with Gasteiger partial charge in [0.1, 0.15) is 18.7 Å². The number of benzene rings is 1. The van der Waals surface area contributed by atoms with Gasteiger partial charge in [0, 0.05) is 20.1 Å². The zero-order chi connectivity index (χ0) is 23.2.